The van der Waals surface area contributed by atoms with Crippen molar-refractivity contribution in [1.82, 2.24) is 0 Å². The third kappa shape index (κ3) is 3.79. The zero-order chi connectivity index (χ0) is 12.1. The summed E-state index contributed by atoms with van der Waals surface area (Å²) in [6.45, 7) is 8.55. The van der Waals surface area contributed by atoms with Gasteiger partial charge in [0.05, 0.1) is 12.0 Å². The van der Waals surface area contributed by atoms with E-state index < -0.39 is 0 Å². The molecular weight excluding hydrogens is 224 g/mol. The van der Waals surface area contributed by atoms with Crippen LogP contribution in [0.3, 0.4) is 0 Å². The Hall–Kier alpha value is -0.550. The van der Waals surface area contributed by atoms with E-state index in [4.69, 9.17) is 0 Å². The lowest BCUT2D eigenvalue weighted by Gasteiger charge is -2.13. The third-order valence-corrected chi connectivity index (χ3v) is 2.99. The van der Waals surface area contributed by atoms with E-state index in [0.717, 1.165) is 16.9 Å². The zero-order valence-corrected chi connectivity index (χ0v) is 10.8. The van der Waals surface area contributed by atoms with E-state index in [9.17, 15) is 5.26 Å². The molecule has 0 aliphatic heterocycles. The van der Waals surface area contributed by atoms with Gasteiger partial charge in [-0.3, -0.25) is 5.04 Å². The van der Waals surface area contributed by atoms with Gasteiger partial charge in [-0.2, -0.15) is 4.33 Å². The minimum absolute atomic E-state index is 0.450. The average molecular weight is 241 g/mol. The van der Waals surface area contributed by atoms with Gasteiger partial charge in [0.1, 0.15) is 0 Å². The molecule has 0 amide bonds. The van der Waals surface area contributed by atoms with Crippen molar-refractivity contribution < 1.29 is 14.6 Å². The summed E-state index contributed by atoms with van der Waals surface area (Å²) in [6.07, 6.45) is 0. The third-order valence-electron chi connectivity index (χ3n) is 2.44. The molecule has 0 aromatic heterocycles. The van der Waals surface area contributed by atoms with E-state index in [0.29, 0.717) is 11.8 Å². The molecule has 0 saturated heterocycles. The summed E-state index contributed by atoms with van der Waals surface area (Å²) >= 11 is 0.949. The molecule has 0 unspecified atom stereocenters. The fraction of sp³-hybridized carbons (Fsp3) is 0.500. The van der Waals surface area contributed by atoms with E-state index >= 15 is 0 Å². The molecular formula is C12H17O3S-. The van der Waals surface area contributed by atoms with Crippen molar-refractivity contribution in [3.8, 4) is 0 Å². The highest BCUT2D eigenvalue weighted by atomic mass is 32.2. The van der Waals surface area contributed by atoms with Gasteiger partial charge in [-0.1, -0.05) is 33.8 Å². The highest BCUT2D eigenvalue weighted by Crippen LogP contribution is 2.28. The maximum atomic E-state index is 9.80. The molecule has 16 heavy (non-hydrogen) atoms. The van der Waals surface area contributed by atoms with Gasteiger partial charge in [0.2, 0.25) is 0 Å². The predicted molar refractivity (Wildman–Crippen MR) is 62.6 cm³/mol. The van der Waals surface area contributed by atoms with E-state index in [1.807, 2.05) is 12.1 Å². The molecule has 90 valence electrons. The van der Waals surface area contributed by atoms with Gasteiger partial charge in [-0.15, -0.1) is 0 Å². The van der Waals surface area contributed by atoms with Crippen LogP contribution in [0.2, 0.25) is 0 Å². The molecule has 0 spiro atoms. The normalized spacial score (nSPS) is 11.4. The Morgan fingerprint density at radius 2 is 1.50 bits per heavy atom. The van der Waals surface area contributed by atoms with Gasteiger partial charge in [0.25, 0.3) is 0 Å². The van der Waals surface area contributed by atoms with Gasteiger partial charge >= 0.3 is 0 Å². The SMILES string of the molecule is CC(C)c1cc(SOO[O-])cc(C(C)C)c1. The van der Waals surface area contributed by atoms with Crippen LogP contribution >= 0.6 is 12.0 Å². The number of benzene rings is 1. The van der Waals surface area contributed by atoms with Gasteiger partial charge < -0.3 is 5.26 Å². The second-order valence-electron chi connectivity index (χ2n) is 4.36. The Balaban J connectivity index is 2.99. The monoisotopic (exact) mass is 241 g/mol. The summed E-state index contributed by atoms with van der Waals surface area (Å²) < 4.78 is 4.35. The summed E-state index contributed by atoms with van der Waals surface area (Å²) in [5.74, 6) is 0.900. The summed E-state index contributed by atoms with van der Waals surface area (Å²) in [4.78, 5) is 0.894. The molecule has 1 aromatic carbocycles. The average Bonchev–Trinajstić information content (AvgIpc) is 2.25. The first kappa shape index (κ1) is 13.5. The van der Waals surface area contributed by atoms with Crippen LogP contribution in [0.1, 0.15) is 50.7 Å². The Labute approximate surface area is 101 Å². The first-order chi connectivity index (χ1) is 7.54. The quantitative estimate of drug-likeness (QED) is 0.451. The molecule has 0 aliphatic carbocycles. The van der Waals surface area contributed by atoms with Gasteiger partial charge in [-0.05, 0) is 35.1 Å². The number of hydrogen-bond acceptors (Lipinski definition) is 4. The van der Waals surface area contributed by atoms with Crippen LogP contribution < -0.4 is 5.26 Å². The molecule has 0 bridgehead atoms. The standard InChI is InChI=1S/C12H18O3S/c1-8(2)10-5-11(9(3)4)7-12(6-10)16-15-14-13/h5-9,13H,1-4H3/p-1. The molecule has 0 aliphatic rings. The van der Waals surface area contributed by atoms with Crippen molar-refractivity contribution >= 4 is 12.0 Å². The first-order valence-electron chi connectivity index (χ1n) is 5.32. The summed E-state index contributed by atoms with van der Waals surface area (Å²) in [5, 5.41) is 13.2. The summed E-state index contributed by atoms with van der Waals surface area (Å²) in [7, 11) is 0. The minimum Gasteiger partial charge on any atom is -0.691 e. The maximum Gasteiger partial charge on any atom is 0.0674 e. The van der Waals surface area contributed by atoms with Crippen LogP contribution in [0.15, 0.2) is 23.1 Å². The van der Waals surface area contributed by atoms with Crippen molar-refractivity contribution in [3.63, 3.8) is 0 Å². The Morgan fingerprint density at radius 1 is 1.00 bits per heavy atom. The Morgan fingerprint density at radius 3 is 1.88 bits per heavy atom. The van der Waals surface area contributed by atoms with Gasteiger partial charge in [-0.25, -0.2) is 0 Å². The molecule has 0 atom stereocenters. The molecule has 3 nitrogen and oxygen atoms in total. The van der Waals surface area contributed by atoms with E-state index in [1.54, 1.807) is 0 Å². The molecule has 0 fully saturated rings. The second kappa shape index (κ2) is 6.25. The van der Waals surface area contributed by atoms with Crippen LogP contribution in [-0.4, -0.2) is 0 Å². The first-order valence-corrected chi connectivity index (χ1v) is 6.06. The lowest BCUT2D eigenvalue weighted by atomic mass is 9.96. The van der Waals surface area contributed by atoms with Crippen LogP contribution in [0.25, 0.3) is 0 Å². The topological polar surface area (TPSA) is 41.5 Å². The molecule has 1 aromatic rings. The van der Waals surface area contributed by atoms with Crippen LogP contribution in [0.5, 0.6) is 0 Å². The molecule has 1 rings (SSSR count). The highest BCUT2D eigenvalue weighted by Gasteiger charge is 2.07. The molecule has 0 radical (unpaired) electrons. The van der Waals surface area contributed by atoms with Crippen molar-refractivity contribution in [2.24, 2.45) is 0 Å². The number of rotatable bonds is 5. The fourth-order valence-electron chi connectivity index (χ4n) is 1.41. The lowest BCUT2D eigenvalue weighted by molar-refractivity contribution is -0.777. The van der Waals surface area contributed by atoms with E-state index in [-0.39, 0.29) is 0 Å². The molecule has 0 N–H and O–H groups in total. The molecule has 4 heteroatoms. The van der Waals surface area contributed by atoms with Crippen molar-refractivity contribution in [2.45, 2.75) is 44.4 Å². The smallest absolute Gasteiger partial charge is 0.0674 e. The predicted octanol–water partition coefficient (Wildman–Crippen LogP) is 3.16. The number of hydrogen-bond donors (Lipinski definition) is 0. The van der Waals surface area contributed by atoms with Crippen LogP contribution in [-0.2, 0) is 9.37 Å². The molecule has 0 heterocycles. The zero-order valence-electron chi connectivity index (χ0n) is 10.0. The van der Waals surface area contributed by atoms with Crippen molar-refractivity contribution in [1.29, 1.82) is 0 Å². The minimum atomic E-state index is 0.450. The summed E-state index contributed by atoms with van der Waals surface area (Å²) in [6, 6.07) is 6.22. The van der Waals surface area contributed by atoms with Crippen LogP contribution in [0.4, 0.5) is 0 Å². The fourth-order valence-corrected chi connectivity index (χ4v) is 1.89. The van der Waals surface area contributed by atoms with Crippen molar-refractivity contribution in [2.75, 3.05) is 0 Å². The van der Waals surface area contributed by atoms with E-state index in [2.05, 4.69) is 43.1 Å². The maximum absolute atomic E-state index is 9.80. The highest BCUT2D eigenvalue weighted by molar-refractivity contribution is 7.94. The molecule has 0 saturated carbocycles. The van der Waals surface area contributed by atoms with Crippen LogP contribution in [0, 0.1) is 0 Å². The van der Waals surface area contributed by atoms with Gasteiger partial charge in [0, 0.05) is 4.90 Å². The lowest BCUT2D eigenvalue weighted by Crippen LogP contribution is -2.01. The Bertz CT molecular complexity index is 311. The second-order valence-corrected chi connectivity index (χ2v) is 5.14. The van der Waals surface area contributed by atoms with Gasteiger partial charge in [0.15, 0.2) is 0 Å². The van der Waals surface area contributed by atoms with Crippen molar-refractivity contribution in [3.05, 3.63) is 29.3 Å². The largest absolute Gasteiger partial charge is 0.691 e. The summed E-state index contributed by atoms with van der Waals surface area (Å²) in [5.41, 5.74) is 2.48. The van der Waals surface area contributed by atoms with E-state index in [1.165, 1.54) is 11.1 Å². The Kier molecular flexibility index (Phi) is 5.28.